The molecule has 1 aliphatic carbocycles. The van der Waals surface area contributed by atoms with Crippen molar-refractivity contribution in [1.82, 2.24) is 15.0 Å². The molecule has 2 heterocycles. The maximum atomic E-state index is 5.46. The van der Waals surface area contributed by atoms with Gasteiger partial charge in [0.1, 0.15) is 0 Å². The van der Waals surface area contributed by atoms with Crippen molar-refractivity contribution in [2.75, 3.05) is 38.3 Å². The van der Waals surface area contributed by atoms with Gasteiger partial charge in [-0.3, -0.25) is 4.90 Å². The van der Waals surface area contributed by atoms with Crippen molar-refractivity contribution >= 4 is 5.69 Å². The van der Waals surface area contributed by atoms with Gasteiger partial charge in [-0.15, -0.1) is 0 Å². The Morgan fingerprint density at radius 2 is 2.08 bits per heavy atom. The molecule has 1 aliphatic heterocycles. The number of hydrogen-bond acceptors (Lipinski definition) is 6. The van der Waals surface area contributed by atoms with Crippen LogP contribution in [0.1, 0.15) is 25.2 Å². The molecule has 0 atom stereocenters. The van der Waals surface area contributed by atoms with Gasteiger partial charge in [-0.05, 0) is 32.0 Å². The smallest absolute Gasteiger partial charge is 0.241 e. The molecule has 0 spiro atoms. The first-order valence-corrected chi connectivity index (χ1v) is 8.75. The molecule has 0 amide bonds. The highest BCUT2D eigenvalue weighted by Crippen LogP contribution is 2.26. The average molecular weight is 328 g/mol. The first-order chi connectivity index (χ1) is 11.8. The molecule has 6 nitrogen and oxygen atoms in total. The Kier molecular flexibility index (Phi) is 4.49. The molecule has 6 heteroatoms. The van der Waals surface area contributed by atoms with Crippen LogP contribution in [0.25, 0.3) is 11.4 Å². The summed E-state index contributed by atoms with van der Waals surface area (Å²) in [5, 5.41) is 4.17. The number of morpholine rings is 1. The van der Waals surface area contributed by atoms with Gasteiger partial charge in [-0.25, -0.2) is 0 Å². The number of nitrogens with zero attached hydrogens (tertiary/aromatic N) is 4. The van der Waals surface area contributed by atoms with Crippen molar-refractivity contribution in [3.8, 4) is 11.4 Å². The van der Waals surface area contributed by atoms with Gasteiger partial charge in [-0.2, -0.15) is 4.98 Å². The topological polar surface area (TPSA) is 54.6 Å². The number of anilines is 1. The van der Waals surface area contributed by atoms with E-state index >= 15 is 0 Å². The Labute approximate surface area is 142 Å². The molecule has 1 saturated heterocycles. The summed E-state index contributed by atoms with van der Waals surface area (Å²) in [5.74, 6) is 1.36. The molecule has 1 saturated carbocycles. The van der Waals surface area contributed by atoms with E-state index in [9.17, 15) is 0 Å². The minimum absolute atomic E-state index is 0.669. The van der Waals surface area contributed by atoms with E-state index in [2.05, 4.69) is 45.2 Å². The maximum Gasteiger partial charge on any atom is 0.241 e. The molecule has 24 heavy (non-hydrogen) atoms. The van der Waals surface area contributed by atoms with Crippen LogP contribution in [0, 0.1) is 0 Å². The standard InChI is InChI=1S/C18H24N4O2/c1-21(15-5-3-6-15)13-17-19-18(20-24-17)14-4-2-7-16(12-14)22-8-10-23-11-9-22/h2,4,7,12,15H,3,5-6,8-11,13H2,1H3. The summed E-state index contributed by atoms with van der Waals surface area (Å²) in [5.41, 5.74) is 2.19. The summed E-state index contributed by atoms with van der Waals surface area (Å²) in [6, 6.07) is 9.02. The largest absolute Gasteiger partial charge is 0.378 e. The first-order valence-electron chi connectivity index (χ1n) is 8.75. The maximum absolute atomic E-state index is 5.46. The van der Waals surface area contributed by atoms with Crippen LogP contribution in [0.15, 0.2) is 28.8 Å². The van der Waals surface area contributed by atoms with E-state index < -0.39 is 0 Å². The number of benzene rings is 1. The Morgan fingerprint density at radius 1 is 1.25 bits per heavy atom. The molecule has 128 valence electrons. The zero-order chi connectivity index (χ0) is 16.4. The fourth-order valence-corrected chi connectivity index (χ4v) is 3.27. The van der Waals surface area contributed by atoms with Crippen molar-refractivity contribution in [2.45, 2.75) is 31.8 Å². The van der Waals surface area contributed by atoms with Gasteiger partial charge in [0, 0.05) is 30.4 Å². The number of aromatic nitrogens is 2. The first kappa shape index (κ1) is 15.6. The number of rotatable bonds is 5. The van der Waals surface area contributed by atoms with Crippen molar-refractivity contribution in [1.29, 1.82) is 0 Å². The molecular weight excluding hydrogens is 304 g/mol. The summed E-state index contributed by atoms with van der Waals surface area (Å²) in [6.45, 7) is 4.13. The third-order valence-corrected chi connectivity index (χ3v) is 5.03. The van der Waals surface area contributed by atoms with Crippen LogP contribution in [0.4, 0.5) is 5.69 Å². The van der Waals surface area contributed by atoms with Crippen LogP contribution >= 0.6 is 0 Å². The number of ether oxygens (including phenoxy) is 1. The third-order valence-electron chi connectivity index (χ3n) is 5.03. The minimum Gasteiger partial charge on any atom is -0.378 e. The average Bonchev–Trinajstić information content (AvgIpc) is 3.02. The van der Waals surface area contributed by atoms with E-state index in [0.29, 0.717) is 17.8 Å². The van der Waals surface area contributed by atoms with E-state index in [1.807, 2.05) is 6.07 Å². The van der Waals surface area contributed by atoms with Crippen LogP contribution in [0.2, 0.25) is 0 Å². The summed E-state index contributed by atoms with van der Waals surface area (Å²) in [6.07, 6.45) is 3.89. The molecule has 2 fully saturated rings. The molecule has 1 aromatic carbocycles. The highest BCUT2D eigenvalue weighted by molar-refractivity contribution is 5.63. The van der Waals surface area contributed by atoms with Crippen LogP contribution < -0.4 is 4.90 Å². The van der Waals surface area contributed by atoms with Gasteiger partial charge in [0.2, 0.25) is 11.7 Å². The predicted molar refractivity (Wildman–Crippen MR) is 91.9 cm³/mol. The van der Waals surface area contributed by atoms with Crippen molar-refractivity contribution in [3.05, 3.63) is 30.2 Å². The molecule has 2 aromatic rings. The van der Waals surface area contributed by atoms with Gasteiger partial charge < -0.3 is 14.2 Å². The van der Waals surface area contributed by atoms with Gasteiger partial charge in [0.05, 0.1) is 19.8 Å². The van der Waals surface area contributed by atoms with Crippen molar-refractivity contribution < 1.29 is 9.26 Å². The molecule has 0 N–H and O–H groups in total. The van der Waals surface area contributed by atoms with Crippen molar-refractivity contribution in [3.63, 3.8) is 0 Å². The second-order valence-corrected chi connectivity index (χ2v) is 6.66. The zero-order valence-corrected chi connectivity index (χ0v) is 14.1. The van der Waals surface area contributed by atoms with Crippen LogP contribution in [0.5, 0.6) is 0 Å². The van der Waals surface area contributed by atoms with E-state index in [-0.39, 0.29) is 0 Å². The lowest BCUT2D eigenvalue weighted by molar-refractivity contribution is 0.122. The van der Waals surface area contributed by atoms with Crippen LogP contribution in [-0.4, -0.2) is 54.4 Å². The minimum atomic E-state index is 0.669. The third kappa shape index (κ3) is 3.30. The predicted octanol–water partition coefficient (Wildman–Crippen LogP) is 2.56. The van der Waals surface area contributed by atoms with Gasteiger partial charge >= 0.3 is 0 Å². The summed E-state index contributed by atoms with van der Waals surface area (Å²) < 4.78 is 10.9. The highest BCUT2D eigenvalue weighted by atomic mass is 16.5. The molecule has 0 unspecified atom stereocenters. The van der Waals surface area contributed by atoms with Gasteiger partial charge in [-0.1, -0.05) is 23.7 Å². The zero-order valence-electron chi connectivity index (χ0n) is 14.1. The van der Waals surface area contributed by atoms with E-state index in [4.69, 9.17) is 9.26 Å². The molecular formula is C18H24N4O2. The Bertz CT molecular complexity index is 677. The lowest BCUT2D eigenvalue weighted by Crippen LogP contribution is -2.36. The van der Waals surface area contributed by atoms with Crippen molar-refractivity contribution in [2.24, 2.45) is 0 Å². The van der Waals surface area contributed by atoms with Crippen LogP contribution in [-0.2, 0) is 11.3 Å². The highest BCUT2D eigenvalue weighted by Gasteiger charge is 2.23. The monoisotopic (exact) mass is 328 g/mol. The van der Waals surface area contributed by atoms with Gasteiger partial charge in [0.25, 0.3) is 0 Å². The molecule has 0 bridgehead atoms. The van der Waals surface area contributed by atoms with E-state index in [0.717, 1.165) is 38.4 Å². The Balaban J connectivity index is 1.47. The summed E-state index contributed by atoms with van der Waals surface area (Å²) in [7, 11) is 2.13. The molecule has 0 radical (unpaired) electrons. The van der Waals surface area contributed by atoms with Gasteiger partial charge in [0.15, 0.2) is 0 Å². The molecule has 1 aromatic heterocycles. The number of hydrogen-bond donors (Lipinski definition) is 0. The lowest BCUT2D eigenvalue weighted by atomic mass is 9.92. The Morgan fingerprint density at radius 3 is 2.83 bits per heavy atom. The summed E-state index contributed by atoms with van der Waals surface area (Å²) >= 11 is 0. The fourth-order valence-electron chi connectivity index (χ4n) is 3.27. The second-order valence-electron chi connectivity index (χ2n) is 6.66. The normalized spacial score (nSPS) is 18.8. The van der Waals surface area contributed by atoms with E-state index in [1.54, 1.807) is 0 Å². The lowest BCUT2D eigenvalue weighted by Gasteiger charge is -2.33. The summed E-state index contributed by atoms with van der Waals surface area (Å²) in [4.78, 5) is 9.23. The van der Waals surface area contributed by atoms with E-state index in [1.165, 1.54) is 24.9 Å². The molecule has 2 aliphatic rings. The SMILES string of the molecule is CN(Cc1nc(-c2cccc(N3CCOCC3)c2)no1)C1CCC1. The quantitative estimate of drug-likeness (QED) is 0.841. The second kappa shape index (κ2) is 6.91. The Hall–Kier alpha value is -1.92. The molecule has 4 rings (SSSR count). The fraction of sp³-hybridized carbons (Fsp3) is 0.556. The van der Waals surface area contributed by atoms with Crippen LogP contribution in [0.3, 0.4) is 0 Å².